The van der Waals surface area contributed by atoms with Gasteiger partial charge in [0.25, 0.3) is 5.91 Å². The molecule has 3 unspecified atom stereocenters. The van der Waals surface area contributed by atoms with Crippen molar-refractivity contribution in [1.29, 1.82) is 5.26 Å². The van der Waals surface area contributed by atoms with E-state index in [-0.39, 0.29) is 29.7 Å². The van der Waals surface area contributed by atoms with Crippen molar-refractivity contribution in [2.45, 2.75) is 39.0 Å². The van der Waals surface area contributed by atoms with Crippen LogP contribution in [-0.4, -0.2) is 43.2 Å². The Bertz CT molecular complexity index is 653. The molecule has 1 fully saturated rings. The molecule has 134 valence electrons. The Morgan fingerprint density at radius 3 is 2.48 bits per heavy atom. The molecule has 1 N–H and O–H groups in total. The Labute approximate surface area is 149 Å². The maximum absolute atomic E-state index is 12.6. The number of carbonyl (C=O) groups is 1. The van der Waals surface area contributed by atoms with Crippen molar-refractivity contribution in [3.63, 3.8) is 0 Å². The zero-order valence-electron chi connectivity index (χ0n) is 15.2. The standard InChI is InChI=1S/C19H25N3O3/c1-13-11-22(12-14(2)25-13)19(23)17(9-20)10-21-15(3)16-5-7-18(24-4)8-6-16/h5-8,10,13-15,21H,11-12H2,1-4H3/b17-10-. The number of benzene rings is 1. The minimum atomic E-state index is -0.265. The molecule has 1 aliphatic rings. The highest BCUT2D eigenvalue weighted by Gasteiger charge is 2.27. The summed E-state index contributed by atoms with van der Waals surface area (Å²) in [5.74, 6) is 0.522. The van der Waals surface area contributed by atoms with E-state index in [9.17, 15) is 10.1 Å². The van der Waals surface area contributed by atoms with Crippen LogP contribution in [0.4, 0.5) is 0 Å². The van der Waals surface area contributed by atoms with Gasteiger partial charge in [-0.05, 0) is 38.5 Å². The Kier molecular flexibility index (Phi) is 6.43. The van der Waals surface area contributed by atoms with E-state index in [1.165, 1.54) is 6.20 Å². The van der Waals surface area contributed by atoms with Crippen molar-refractivity contribution in [3.8, 4) is 11.8 Å². The third kappa shape index (κ3) is 4.97. The normalized spacial score (nSPS) is 22.0. The molecule has 25 heavy (non-hydrogen) atoms. The molecule has 6 nitrogen and oxygen atoms in total. The van der Waals surface area contributed by atoms with Crippen LogP contribution in [0, 0.1) is 11.3 Å². The van der Waals surface area contributed by atoms with E-state index < -0.39 is 0 Å². The summed E-state index contributed by atoms with van der Waals surface area (Å²) in [5.41, 5.74) is 1.14. The van der Waals surface area contributed by atoms with Crippen molar-refractivity contribution >= 4 is 5.91 Å². The highest BCUT2D eigenvalue weighted by atomic mass is 16.5. The fraction of sp³-hybridized carbons (Fsp3) is 0.474. The van der Waals surface area contributed by atoms with Gasteiger partial charge >= 0.3 is 0 Å². The van der Waals surface area contributed by atoms with E-state index in [0.717, 1.165) is 11.3 Å². The highest BCUT2D eigenvalue weighted by Crippen LogP contribution is 2.18. The van der Waals surface area contributed by atoms with E-state index in [1.807, 2.05) is 51.1 Å². The van der Waals surface area contributed by atoms with Crippen LogP contribution in [0.2, 0.25) is 0 Å². The lowest BCUT2D eigenvalue weighted by Crippen LogP contribution is -2.48. The molecule has 6 heteroatoms. The van der Waals surface area contributed by atoms with Gasteiger partial charge in [-0.25, -0.2) is 0 Å². The molecule has 1 aliphatic heterocycles. The van der Waals surface area contributed by atoms with Crippen LogP contribution in [0.25, 0.3) is 0 Å². The first-order chi connectivity index (χ1) is 11.9. The highest BCUT2D eigenvalue weighted by molar-refractivity contribution is 5.97. The van der Waals surface area contributed by atoms with Gasteiger partial charge in [0.15, 0.2) is 0 Å². The fourth-order valence-corrected chi connectivity index (χ4v) is 2.85. The van der Waals surface area contributed by atoms with E-state index in [0.29, 0.717) is 13.1 Å². The molecule has 0 aliphatic carbocycles. The fourth-order valence-electron chi connectivity index (χ4n) is 2.85. The second-order valence-electron chi connectivity index (χ2n) is 6.30. The maximum Gasteiger partial charge on any atom is 0.266 e. The molecule has 0 saturated carbocycles. The smallest absolute Gasteiger partial charge is 0.266 e. The minimum absolute atomic E-state index is 0.0289. The number of nitriles is 1. The molecule has 0 spiro atoms. The van der Waals surface area contributed by atoms with Crippen LogP contribution in [0.3, 0.4) is 0 Å². The van der Waals surface area contributed by atoms with Gasteiger partial charge in [-0.1, -0.05) is 12.1 Å². The lowest BCUT2D eigenvalue weighted by molar-refractivity contribution is -0.138. The molecular formula is C19H25N3O3. The number of nitrogens with zero attached hydrogens (tertiary/aromatic N) is 2. The summed E-state index contributed by atoms with van der Waals surface area (Å²) in [6.45, 7) is 6.81. The van der Waals surface area contributed by atoms with Crippen LogP contribution < -0.4 is 10.1 Å². The molecule has 1 heterocycles. The van der Waals surface area contributed by atoms with E-state index in [4.69, 9.17) is 9.47 Å². The molecule has 0 aromatic heterocycles. The summed E-state index contributed by atoms with van der Waals surface area (Å²) >= 11 is 0. The largest absolute Gasteiger partial charge is 0.497 e. The molecule has 1 amide bonds. The number of hydrogen-bond acceptors (Lipinski definition) is 5. The van der Waals surface area contributed by atoms with Crippen LogP contribution >= 0.6 is 0 Å². The van der Waals surface area contributed by atoms with E-state index in [1.54, 1.807) is 12.0 Å². The Morgan fingerprint density at radius 2 is 1.96 bits per heavy atom. The zero-order valence-corrected chi connectivity index (χ0v) is 15.2. The zero-order chi connectivity index (χ0) is 18.4. The number of rotatable bonds is 5. The number of ether oxygens (including phenoxy) is 2. The topological polar surface area (TPSA) is 74.6 Å². The average Bonchev–Trinajstić information content (AvgIpc) is 2.61. The van der Waals surface area contributed by atoms with Crippen LogP contribution in [0.15, 0.2) is 36.0 Å². The van der Waals surface area contributed by atoms with Crippen molar-refractivity contribution in [1.82, 2.24) is 10.2 Å². The summed E-state index contributed by atoms with van der Waals surface area (Å²) in [4.78, 5) is 14.3. The van der Waals surface area contributed by atoms with Crippen molar-refractivity contribution in [2.24, 2.45) is 0 Å². The minimum Gasteiger partial charge on any atom is -0.497 e. The third-order valence-electron chi connectivity index (χ3n) is 4.15. The van der Waals surface area contributed by atoms with Gasteiger partial charge < -0.3 is 19.7 Å². The van der Waals surface area contributed by atoms with Gasteiger partial charge in [0.05, 0.1) is 19.3 Å². The Morgan fingerprint density at radius 1 is 1.36 bits per heavy atom. The van der Waals surface area contributed by atoms with Crippen LogP contribution in [0.5, 0.6) is 5.75 Å². The third-order valence-corrected chi connectivity index (χ3v) is 4.15. The lowest BCUT2D eigenvalue weighted by Gasteiger charge is -2.35. The average molecular weight is 343 g/mol. The molecule has 0 radical (unpaired) electrons. The maximum atomic E-state index is 12.6. The van der Waals surface area contributed by atoms with Gasteiger partial charge in [-0.15, -0.1) is 0 Å². The summed E-state index contributed by atoms with van der Waals surface area (Å²) in [6.07, 6.45) is 1.44. The summed E-state index contributed by atoms with van der Waals surface area (Å²) in [7, 11) is 1.62. The van der Waals surface area contributed by atoms with Crippen molar-refractivity contribution < 1.29 is 14.3 Å². The number of morpholine rings is 1. The summed E-state index contributed by atoms with van der Waals surface area (Å²) < 4.78 is 10.8. The molecule has 1 saturated heterocycles. The predicted molar refractivity (Wildman–Crippen MR) is 94.8 cm³/mol. The van der Waals surface area contributed by atoms with Crippen LogP contribution in [0.1, 0.15) is 32.4 Å². The molecule has 1 aromatic carbocycles. The monoisotopic (exact) mass is 343 g/mol. The second kappa shape index (κ2) is 8.54. The number of methoxy groups -OCH3 is 1. The number of hydrogen-bond donors (Lipinski definition) is 1. The number of amides is 1. The van der Waals surface area contributed by atoms with Gasteiger partial charge in [0.1, 0.15) is 17.4 Å². The van der Waals surface area contributed by atoms with Gasteiger partial charge in [0.2, 0.25) is 0 Å². The first-order valence-electron chi connectivity index (χ1n) is 8.39. The molecule has 3 atom stereocenters. The molecule has 0 bridgehead atoms. The van der Waals surface area contributed by atoms with Crippen molar-refractivity contribution in [2.75, 3.05) is 20.2 Å². The molecule has 1 aromatic rings. The lowest BCUT2D eigenvalue weighted by atomic mass is 10.1. The SMILES string of the molecule is COc1ccc(C(C)N/C=C(/C#N)C(=O)N2CC(C)OC(C)C2)cc1. The quantitative estimate of drug-likeness (QED) is 0.656. The van der Waals surface area contributed by atoms with Gasteiger partial charge in [0, 0.05) is 25.3 Å². The molecule has 2 rings (SSSR count). The number of carbonyl (C=O) groups excluding carboxylic acids is 1. The van der Waals surface area contributed by atoms with Crippen molar-refractivity contribution in [3.05, 3.63) is 41.6 Å². The Hall–Kier alpha value is -2.52. The van der Waals surface area contributed by atoms with Gasteiger partial charge in [-0.2, -0.15) is 5.26 Å². The predicted octanol–water partition coefficient (Wildman–Crippen LogP) is 2.39. The van der Waals surface area contributed by atoms with Crippen LogP contribution in [-0.2, 0) is 9.53 Å². The van der Waals surface area contributed by atoms with Gasteiger partial charge in [-0.3, -0.25) is 4.79 Å². The van der Waals surface area contributed by atoms with E-state index in [2.05, 4.69) is 5.32 Å². The first kappa shape index (κ1) is 18.8. The Balaban J connectivity index is 2.03. The van der Waals surface area contributed by atoms with E-state index >= 15 is 0 Å². The number of nitrogens with one attached hydrogen (secondary N) is 1. The second-order valence-corrected chi connectivity index (χ2v) is 6.30. The summed E-state index contributed by atoms with van der Waals surface area (Å²) in [5, 5.41) is 12.5. The summed E-state index contributed by atoms with van der Waals surface area (Å²) in [6, 6.07) is 9.62. The first-order valence-corrected chi connectivity index (χ1v) is 8.39. The molecular weight excluding hydrogens is 318 g/mol.